The van der Waals surface area contributed by atoms with Crippen LogP contribution < -0.4 is 4.73 Å². The number of para-hydroxylation sites is 1. The first-order chi connectivity index (χ1) is 14.8. The molecule has 3 heterocycles. The van der Waals surface area contributed by atoms with Crippen molar-refractivity contribution < 1.29 is 17.9 Å². The summed E-state index contributed by atoms with van der Waals surface area (Å²) in [4.78, 5) is 18.5. The normalized spacial score (nSPS) is 18.1. The van der Waals surface area contributed by atoms with Crippen molar-refractivity contribution in [3.8, 4) is 0 Å². The van der Waals surface area contributed by atoms with E-state index >= 15 is 0 Å². The van der Waals surface area contributed by atoms with Crippen LogP contribution in [-0.4, -0.2) is 52.9 Å². The molecule has 1 fully saturated rings. The van der Waals surface area contributed by atoms with E-state index in [4.69, 9.17) is 0 Å². The zero-order valence-electron chi connectivity index (χ0n) is 18.0. The summed E-state index contributed by atoms with van der Waals surface area (Å²) in [6.07, 6.45) is 4.40. The lowest BCUT2D eigenvalue weighted by molar-refractivity contribution is -0.575. The van der Waals surface area contributed by atoms with Crippen LogP contribution in [-0.2, 0) is 27.6 Å². The Morgan fingerprint density at radius 1 is 1.32 bits per heavy atom. The van der Waals surface area contributed by atoms with Gasteiger partial charge in [-0.2, -0.15) is 4.73 Å². The third-order valence-corrected chi connectivity index (χ3v) is 7.86. The van der Waals surface area contributed by atoms with Gasteiger partial charge >= 0.3 is 0 Å². The van der Waals surface area contributed by atoms with Crippen molar-refractivity contribution >= 4 is 37.7 Å². The first-order valence-electron chi connectivity index (χ1n) is 10.8. The number of unbranched alkanes of at least 4 members (excludes halogenated alkanes) is 1. The van der Waals surface area contributed by atoms with E-state index in [1.165, 1.54) is 13.1 Å². The van der Waals surface area contributed by atoms with E-state index in [-0.39, 0.29) is 23.5 Å². The minimum absolute atomic E-state index is 0.0694. The summed E-state index contributed by atoms with van der Waals surface area (Å²) in [5.41, 5.74) is 2.26. The van der Waals surface area contributed by atoms with Crippen molar-refractivity contribution in [2.45, 2.75) is 52.1 Å². The Hall–Kier alpha value is -2.68. The van der Waals surface area contributed by atoms with Crippen LogP contribution in [0.2, 0.25) is 0 Å². The van der Waals surface area contributed by atoms with Gasteiger partial charge in [0.1, 0.15) is 5.82 Å². The number of aryl methyl sites for hydroxylation is 2. The van der Waals surface area contributed by atoms with E-state index in [2.05, 4.69) is 9.55 Å². The number of hydrogen-bond donors (Lipinski definition) is 0. The molecule has 4 rings (SSSR count). The van der Waals surface area contributed by atoms with Crippen LogP contribution in [0.1, 0.15) is 38.9 Å². The summed E-state index contributed by atoms with van der Waals surface area (Å²) < 4.78 is 26.7. The van der Waals surface area contributed by atoms with Crippen LogP contribution >= 0.6 is 0 Å². The number of pyridine rings is 1. The van der Waals surface area contributed by atoms with Gasteiger partial charge in [-0.1, -0.05) is 19.1 Å². The maximum Gasteiger partial charge on any atom is 0.226 e. The molecule has 166 valence electrons. The molecule has 1 aromatic carbocycles. The number of carbonyl (C=O) groups is 1. The van der Waals surface area contributed by atoms with Gasteiger partial charge in [0.2, 0.25) is 17.6 Å². The molecule has 1 aliphatic heterocycles. The molecule has 1 unspecified atom stereocenters. The van der Waals surface area contributed by atoms with E-state index in [0.717, 1.165) is 47.3 Å². The van der Waals surface area contributed by atoms with Crippen LogP contribution in [0.25, 0.3) is 21.9 Å². The monoisotopic (exact) mass is 444 g/mol. The molecule has 2 aromatic heterocycles. The molecular formula is C22H28N4O4S. The van der Waals surface area contributed by atoms with Gasteiger partial charge in [0.15, 0.2) is 15.4 Å². The van der Waals surface area contributed by atoms with Crippen LogP contribution in [0.15, 0.2) is 30.5 Å². The molecular weight excluding hydrogens is 416 g/mol. The number of aromatic nitrogens is 3. The maximum absolute atomic E-state index is 12.4. The fraction of sp³-hybridized carbons (Fsp3) is 0.500. The van der Waals surface area contributed by atoms with E-state index in [9.17, 15) is 18.4 Å². The lowest BCUT2D eigenvalue weighted by Gasteiger charge is -2.27. The van der Waals surface area contributed by atoms with Crippen LogP contribution in [0.3, 0.4) is 0 Å². The number of rotatable bonds is 7. The average molecular weight is 445 g/mol. The van der Waals surface area contributed by atoms with Crippen molar-refractivity contribution in [3.63, 3.8) is 0 Å². The Kier molecular flexibility index (Phi) is 5.88. The summed E-state index contributed by atoms with van der Waals surface area (Å²) >= 11 is 0. The Morgan fingerprint density at radius 3 is 2.77 bits per heavy atom. The third kappa shape index (κ3) is 4.23. The Bertz CT molecular complexity index is 1240. The van der Waals surface area contributed by atoms with Crippen molar-refractivity contribution in [1.82, 2.24) is 14.5 Å². The predicted molar refractivity (Wildman–Crippen MR) is 119 cm³/mol. The fourth-order valence-electron chi connectivity index (χ4n) is 4.62. The molecule has 9 heteroatoms. The van der Waals surface area contributed by atoms with Gasteiger partial charge in [0.05, 0.1) is 22.4 Å². The molecule has 1 saturated heterocycles. The van der Waals surface area contributed by atoms with E-state index in [1.54, 1.807) is 4.90 Å². The van der Waals surface area contributed by atoms with Crippen molar-refractivity contribution in [3.05, 3.63) is 41.5 Å². The summed E-state index contributed by atoms with van der Waals surface area (Å²) in [6, 6.07) is 7.32. The highest BCUT2D eigenvalue weighted by Gasteiger charge is 2.33. The van der Waals surface area contributed by atoms with Gasteiger partial charge < -0.3 is 14.7 Å². The minimum Gasteiger partial charge on any atom is -0.618 e. The molecule has 31 heavy (non-hydrogen) atoms. The first kappa shape index (κ1) is 21.5. The van der Waals surface area contributed by atoms with Crippen molar-refractivity contribution in [1.29, 1.82) is 0 Å². The summed E-state index contributed by atoms with van der Waals surface area (Å²) in [5.74, 6) is 1.08. The molecule has 0 spiro atoms. The van der Waals surface area contributed by atoms with Gasteiger partial charge in [-0.05, 0) is 25.3 Å². The topological polar surface area (TPSA) is 99.2 Å². The first-order valence-corrected chi connectivity index (χ1v) is 12.6. The molecule has 1 amide bonds. The molecule has 3 aromatic rings. The predicted octanol–water partition coefficient (Wildman–Crippen LogP) is 2.20. The van der Waals surface area contributed by atoms with Gasteiger partial charge in [0.25, 0.3) is 0 Å². The largest absolute Gasteiger partial charge is 0.618 e. The van der Waals surface area contributed by atoms with Crippen molar-refractivity contribution in [2.75, 3.05) is 18.1 Å². The number of amides is 1. The molecule has 8 nitrogen and oxygen atoms in total. The van der Waals surface area contributed by atoms with Crippen molar-refractivity contribution in [2.24, 2.45) is 0 Å². The highest BCUT2D eigenvalue weighted by molar-refractivity contribution is 7.91. The Morgan fingerprint density at radius 2 is 2.10 bits per heavy atom. The highest BCUT2D eigenvalue weighted by Crippen LogP contribution is 2.25. The Balaban J connectivity index is 1.52. The van der Waals surface area contributed by atoms with Gasteiger partial charge in [0, 0.05) is 38.5 Å². The van der Waals surface area contributed by atoms with Crippen LogP contribution in [0.4, 0.5) is 0 Å². The standard InChI is InChI=1S/C22H28N4O4S/c1-3-21-23-19-14-26(28)20-9-5-4-8-18(20)22(19)25(21)12-7-6-11-24(16(2)27)17-10-13-31(29,30)15-17/h4-5,8-9,14,17H,3,6-7,10-13,15H2,1-2H3. The lowest BCUT2D eigenvalue weighted by Crippen LogP contribution is -2.40. The summed E-state index contributed by atoms with van der Waals surface area (Å²) in [6.45, 7) is 4.82. The second kappa shape index (κ2) is 8.45. The second-order valence-corrected chi connectivity index (χ2v) is 10.4. The molecule has 0 aliphatic carbocycles. The average Bonchev–Trinajstić information content (AvgIpc) is 3.27. The SMILES string of the molecule is CCc1nc2c[n+]([O-])c3ccccc3c2n1CCCCN(C(C)=O)C1CCS(=O)(=O)C1. The van der Waals surface area contributed by atoms with Crippen LogP contribution in [0.5, 0.6) is 0 Å². The highest BCUT2D eigenvalue weighted by atomic mass is 32.2. The fourth-order valence-corrected chi connectivity index (χ4v) is 6.35. The summed E-state index contributed by atoms with van der Waals surface area (Å²) in [5, 5.41) is 13.2. The van der Waals surface area contributed by atoms with Gasteiger partial charge in [-0.3, -0.25) is 4.79 Å². The number of fused-ring (bicyclic) bond motifs is 3. The quantitative estimate of drug-likeness (QED) is 0.316. The van der Waals surface area contributed by atoms with Crippen LogP contribution in [0, 0.1) is 5.21 Å². The number of benzene rings is 1. The maximum atomic E-state index is 12.4. The molecule has 1 aliphatic rings. The number of imidazole rings is 1. The molecule has 0 bridgehead atoms. The molecule has 0 radical (unpaired) electrons. The number of hydrogen-bond acceptors (Lipinski definition) is 5. The molecule has 0 saturated carbocycles. The lowest BCUT2D eigenvalue weighted by atomic mass is 10.1. The third-order valence-electron chi connectivity index (χ3n) is 6.11. The van der Waals surface area contributed by atoms with E-state index < -0.39 is 9.84 Å². The minimum atomic E-state index is -3.03. The number of carbonyl (C=O) groups excluding carboxylic acids is 1. The van der Waals surface area contributed by atoms with Gasteiger partial charge in [-0.15, -0.1) is 0 Å². The smallest absolute Gasteiger partial charge is 0.226 e. The Labute approximate surface area is 182 Å². The van der Waals surface area contributed by atoms with E-state index in [1.807, 2.05) is 31.2 Å². The number of nitrogens with zero attached hydrogens (tertiary/aromatic N) is 4. The van der Waals surface area contributed by atoms with Gasteiger partial charge in [-0.25, -0.2) is 13.4 Å². The summed E-state index contributed by atoms with van der Waals surface area (Å²) in [7, 11) is -3.03. The number of sulfone groups is 1. The zero-order valence-corrected chi connectivity index (χ0v) is 18.8. The second-order valence-electron chi connectivity index (χ2n) is 8.22. The zero-order chi connectivity index (χ0) is 22.2. The molecule has 1 atom stereocenters. The molecule has 0 N–H and O–H groups in total. The van der Waals surface area contributed by atoms with E-state index in [0.29, 0.717) is 24.0 Å².